The largest absolute Gasteiger partial charge is 0.497 e. The topological polar surface area (TPSA) is 77.1 Å². The molecule has 178 valence electrons. The Kier molecular flexibility index (Phi) is 5.29. The van der Waals surface area contributed by atoms with Crippen LogP contribution in [-0.4, -0.2) is 25.0 Å². The molecule has 0 spiro atoms. The van der Waals surface area contributed by atoms with Gasteiger partial charge in [-0.2, -0.15) is 10.5 Å². The highest BCUT2D eigenvalue weighted by molar-refractivity contribution is 6.06. The molecule has 0 radical (unpaired) electrons. The van der Waals surface area contributed by atoms with Crippen LogP contribution < -0.4 is 9.64 Å². The second-order valence-corrected chi connectivity index (χ2v) is 9.45. The van der Waals surface area contributed by atoms with E-state index in [0.717, 1.165) is 27.6 Å². The van der Waals surface area contributed by atoms with Crippen molar-refractivity contribution in [2.24, 2.45) is 5.41 Å². The molecule has 1 fully saturated rings. The fourth-order valence-electron chi connectivity index (χ4n) is 6.03. The first kappa shape index (κ1) is 22.6. The minimum Gasteiger partial charge on any atom is -0.497 e. The number of rotatable bonds is 4. The lowest BCUT2D eigenvalue weighted by atomic mass is 9.69. The molecule has 0 aromatic heterocycles. The summed E-state index contributed by atoms with van der Waals surface area (Å²) in [5.74, 6) is -0.224. The van der Waals surface area contributed by atoms with E-state index in [-0.39, 0.29) is 5.78 Å². The summed E-state index contributed by atoms with van der Waals surface area (Å²) in [6, 6.07) is 32.0. The average molecular weight is 482 g/mol. The highest BCUT2D eigenvalue weighted by Crippen LogP contribution is 2.56. The molecular weight excluding hydrogens is 458 g/mol. The van der Waals surface area contributed by atoms with E-state index in [4.69, 9.17) is 4.74 Å². The molecule has 2 aliphatic rings. The normalized spacial score (nSPS) is 20.9. The van der Waals surface area contributed by atoms with Gasteiger partial charge in [-0.15, -0.1) is 0 Å². The third-order valence-electron chi connectivity index (χ3n) is 7.69. The zero-order chi connectivity index (χ0) is 25.6. The standard InChI is InChI=1S/C32H23N3O2/c1-37-24-12-7-11-23(18-24)29-30(31(36)22-9-3-2-4-10-22)35-27-16-14-21-8-5-6-13-25(21)26(27)15-17-28(35)32(29,19-33)20-34/h2-18,28-30H,1H3. The number of carbonyl (C=O) groups excluding carboxylic acids is 1. The van der Waals surface area contributed by atoms with Gasteiger partial charge >= 0.3 is 0 Å². The van der Waals surface area contributed by atoms with Crippen LogP contribution in [-0.2, 0) is 0 Å². The number of fused-ring (bicyclic) bond motifs is 5. The molecule has 2 aliphatic heterocycles. The van der Waals surface area contributed by atoms with Gasteiger partial charge in [-0.1, -0.05) is 84.9 Å². The van der Waals surface area contributed by atoms with Crippen molar-refractivity contribution < 1.29 is 9.53 Å². The first-order valence-electron chi connectivity index (χ1n) is 12.2. The molecule has 5 nitrogen and oxygen atoms in total. The number of ether oxygens (including phenoxy) is 1. The lowest BCUT2D eigenvalue weighted by Gasteiger charge is -2.36. The molecule has 37 heavy (non-hydrogen) atoms. The van der Waals surface area contributed by atoms with Crippen molar-refractivity contribution in [3.63, 3.8) is 0 Å². The third kappa shape index (κ3) is 3.25. The molecule has 3 unspecified atom stereocenters. The summed E-state index contributed by atoms with van der Waals surface area (Å²) in [4.78, 5) is 16.3. The minimum atomic E-state index is -1.50. The van der Waals surface area contributed by atoms with E-state index in [1.54, 1.807) is 19.2 Å². The molecular formula is C32H23N3O2. The second kappa shape index (κ2) is 8.66. The number of nitriles is 2. The SMILES string of the molecule is COc1cccc(C2C(C(=O)c3ccccc3)N3c4ccc5ccccc5c4C=CC3C2(C#N)C#N)c1. The van der Waals surface area contributed by atoms with Gasteiger partial charge in [0.25, 0.3) is 0 Å². The Labute approximate surface area is 215 Å². The average Bonchev–Trinajstić information content (AvgIpc) is 3.28. The van der Waals surface area contributed by atoms with Crippen molar-refractivity contribution in [1.29, 1.82) is 10.5 Å². The Morgan fingerprint density at radius 3 is 2.43 bits per heavy atom. The van der Waals surface area contributed by atoms with Crippen molar-refractivity contribution in [1.82, 2.24) is 0 Å². The van der Waals surface area contributed by atoms with Crippen LogP contribution in [0.15, 0.2) is 97.1 Å². The molecule has 4 aromatic rings. The van der Waals surface area contributed by atoms with E-state index in [2.05, 4.69) is 24.3 Å². The van der Waals surface area contributed by atoms with Gasteiger partial charge in [0.15, 0.2) is 11.2 Å². The van der Waals surface area contributed by atoms with Crippen LogP contribution in [0.1, 0.15) is 27.4 Å². The summed E-state index contributed by atoms with van der Waals surface area (Å²) in [6.45, 7) is 0. The maximum Gasteiger partial charge on any atom is 0.185 e. The van der Waals surface area contributed by atoms with Gasteiger partial charge in [-0.3, -0.25) is 4.79 Å². The quantitative estimate of drug-likeness (QED) is 0.328. The maximum absolute atomic E-state index is 14.3. The Morgan fingerprint density at radius 1 is 0.919 bits per heavy atom. The molecule has 6 rings (SSSR count). The zero-order valence-corrected chi connectivity index (χ0v) is 20.2. The van der Waals surface area contributed by atoms with E-state index in [1.165, 1.54) is 0 Å². The molecule has 2 heterocycles. The second-order valence-electron chi connectivity index (χ2n) is 9.45. The summed E-state index contributed by atoms with van der Waals surface area (Å²) < 4.78 is 5.48. The molecule has 1 saturated heterocycles. The number of nitrogens with zero attached hydrogens (tertiary/aromatic N) is 3. The molecule has 0 bridgehead atoms. The molecule has 5 heteroatoms. The molecule has 4 aromatic carbocycles. The summed E-state index contributed by atoms with van der Waals surface area (Å²) >= 11 is 0. The fraction of sp³-hybridized carbons (Fsp3) is 0.156. The summed E-state index contributed by atoms with van der Waals surface area (Å²) in [6.07, 6.45) is 3.92. The third-order valence-corrected chi connectivity index (χ3v) is 7.69. The number of ketones is 1. The number of benzene rings is 4. The Morgan fingerprint density at radius 2 is 1.68 bits per heavy atom. The maximum atomic E-state index is 14.3. The minimum absolute atomic E-state index is 0.125. The predicted octanol–water partition coefficient (Wildman–Crippen LogP) is 6.13. The van der Waals surface area contributed by atoms with Crippen molar-refractivity contribution in [2.75, 3.05) is 12.0 Å². The van der Waals surface area contributed by atoms with Crippen LogP contribution in [0.5, 0.6) is 5.75 Å². The van der Waals surface area contributed by atoms with Gasteiger partial charge in [0, 0.05) is 22.7 Å². The van der Waals surface area contributed by atoms with Crippen molar-refractivity contribution >= 4 is 28.3 Å². The number of hydrogen-bond donors (Lipinski definition) is 0. The Balaban J connectivity index is 1.65. The smallest absolute Gasteiger partial charge is 0.185 e. The van der Waals surface area contributed by atoms with Crippen LogP contribution in [0.4, 0.5) is 5.69 Å². The lowest BCUT2D eigenvalue weighted by Crippen LogP contribution is -2.44. The summed E-state index contributed by atoms with van der Waals surface area (Å²) in [5.41, 5.74) is 1.60. The van der Waals surface area contributed by atoms with E-state index >= 15 is 0 Å². The predicted molar refractivity (Wildman–Crippen MR) is 143 cm³/mol. The first-order chi connectivity index (χ1) is 18.1. The lowest BCUT2D eigenvalue weighted by molar-refractivity contribution is 0.0951. The van der Waals surface area contributed by atoms with Gasteiger partial charge < -0.3 is 9.64 Å². The number of hydrogen-bond acceptors (Lipinski definition) is 5. The van der Waals surface area contributed by atoms with Crippen LogP contribution >= 0.6 is 0 Å². The number of Topliss-reactive ketones (excluding diaryl/α,β-unsaturated/α-hetero) is 1. The summed E-state index contributed by atoms with van der Waals surface area (Å²) in [5, 5.41) is 23.4. The van der Waals surface area contributed by atoms with E-state index in [9.17, 15) is 15.3 Å². The Bertz CT molecular complexity index is 1630. The molecule has 0 saturated carbocycles. The fourth-order valence-corrected chi connectivity index (χ4v) is 6.03. The van der Waals surface area contributed by atoms with Crippen LogP contribution in [0.25, 0.3) is 16.8 Å². The monoisotopic (exact) mass is 481 g/mol. The van der Waals surface area contributed by atoms with Gasteiger partial charge in [-0.25, -0.2) is 0 Å². The molecule has 3 atom stereocenters. The summed E-state index contributed by atoms with van der Waals surface area (Å²) in [7, 11) is 1.58. The molecule has 0 amide bonds. The highest BCUT2D eigenvalue weighted by Gasteiger charge is 2.63. The van der Waals surface area contributed by atoms with Crippen molar-refractivity contribution in [3.8, 4) is 17.9 Å². The number of methoxy groups -OCH3 is 1. The molecule has 0 aliphatic carbocycles. The van der Waals surface area contributed by atoms with Crippen LogP contribution in [0, 0.1) is 28.1 Å². The van der Waals surface area contributed by atoms with Gasteiger partial charge in [0.1, 0.15) is 11.8 Å². The molecule has 0 N–H and O–H groups in total. The number of carbonyl (C=O) groups is 1. The van der Waals surface area contributed by atoms with E-state index < -0.39 is 23.4 Å². The van der Waals surface area contributed by atoms with Crippen molar-refractivity contribution in [3.05, 3.63) is 114 Å². The van der Waals surface area contributed by atoms with Crippen LogP contribution in [0.3, 0.4) is 0 Å². The first-order valence-corrected chi connectivity index (χ1v) is 12.2. The van der Waals surface area contributed by atoms with Crippen molar-refractivity contribution in [2.45, 2.75) is 18.0 Å². The van der Waals surface area contributed by atoms with E-state index in [0.29, 0.717) is 11.3 Å². The highest BCUT2D eigenvalue weighted by atomic mass is 16.5. The van der Waals surface area contributed by atoms with E-state index in [1.807, 2.05) is 83.8 Å². The zero-order valence-electron chi connectivity index (χ0n) is 20.2. The Hall–Kier alpha value is -4.87. The van der Waals surface area contributed by atoms with Gasteiger partial charge in [0.2, 0.25) is 0 Å². The van der Waals surface area contributed by atoms with Crippen LogP contribution in [0.2, 0.25) is 0 Å². The number of anilines is 1. The van der Waals surface area contributed by atoms with Gasteiger partial charge in [-0.05, 0) is 34.5 Å². The van der Waals surface area contributed by atoms with Gasteiger partial charge in [0.05, 0.1) is 25.3 Å².